The average Bonchev–Trinajstić information content (AvgIpc) is 3.00. The molecular formula is C17H23N3OS. The van der Waals surface area contributed by atoms with E-state index in [9.17, 15) is 4.79 Å². The summed E-state index contributed by atoms with van der Waals surface area (Å²) in [6.07, 6.45) is 9.28. The number of carbonyl (C=O) groups excluding carboxylic acids is 1. The fourth-order valence-corrected chi connectivity index (χ4v) is 6.71. The van der Waals surface area contributed by atoms with Gasteiger partial charge in [0.15, 0.2) is 0 Å². The number of hydrogen-bond donors (Lipinski definition) is 1. The van der Waals surface area contributed by atoms with Crippen molar-refractivity contribution in [1.82, 2.24) is 10.2 Å². The molecule has 2 unspecified atom stereocenters. The second kappa shape index (κ2) is 4.53. The van der Waals surface area contributed by atoms with Crippen molar-refractivity contribution in [2.24, 2.45) is 29.6 Å². The number of rotatable bonds is 3. The van der Waals surface area contributed by atoms with Gasteiger partial charge in [0.1, 0.15) is 5.01 Å². The summed E-state index contributed by atoms with van der Waals surface area (Å²) in [5.41, 5.74) is 0.294. The Morgan fingerprint density at radius 1 is 1.09 bits per heavy atom. The number of nitrogens with one attached hydrogen (secondary N) is 1. The number of nitrogens with zero attached hydrogens (tertiary/aromatic N) is 2. The molecule has 0 saturated heterocycles. The zero-order valence-electron chi connectivity index (χ0n) is 13.0. The molecule has 1 amide bonds. The molecule has 118 valence electrons. The van der Waals surface area contributed by atoms with Crippen LogP contribution in [0.1, 0.15) is 56.9 Å². The van der Waals surface area contributed by atoms with Crippen molar-refractivity contribution >= 4 is 22.4 Å². The molecule has 6 rings (SSSR count). The van der Waals surface area contributed by atoms with E-state index in [-0.39, 0.29) is 11.8 Å². The molecule has 5 heteroatoms. The number of aromatic nitrogens is 2. The Morgan fingerprint density at radius 2 is 1.68 bits per heavy atom. The SMILES string of the molecule is CC1CC1C(=O)Nc1nnc(C23CC4CC(CC(C4)C2)C3)s1. The Hall–Kier alpha value is -0.970. The van der Waals surface area contributed by atoms with Gasteiger partial charge in [-0.15, -0.1) is 10.2 Å². The van der Waals surface area contributed by atoms with Gasteiger partial charge in [-0.05, 0) is 68.6 Å². The van der Waals surface area contributed by atoms with Crippen molar-refractivity contribution < 1.29 is 4.79 Å². The lowest BCUT2D eigenvalue weighted by molar-refractivity contribution is -0.117. The minimum absolute atomic E-state index is 0.140. The zero-order valence-corrected chi connectivity index (χ0v) is 13.9. The normalized spacial score (nSPS) is 45.0. The summed E-state index contributed by atoms with van der Waals surface area (Å²) in [5.74, 6) is 3.63. The van der Waals surface area contributed by atoms with Crippen LogP contribution < -0.4 is 5.32 Å². The number of hydrogen-bond acceptors (Lipinski definition) is 4. The minimum Gasteiger partial charge on any atom is -0.300 e. The predicted octanol–water partition coefficient (Wildman–Crippen LogP) is 3.60. The maximum absolute atomic E-state index is 12.1. The first kappa shape index (κ1) is 13.5. The highest BCUT2D eigenvalue weighted by Crippen LogP contribution is 2.61. The monoisotopic (exact) mass is 317 g/mol. The molecule has 1 aromatic heterocycles. The second-order valence-corrected chi connectivity index (χ2v) is 9.40. The van der Waals surface area contributed by atoms with Crippen molar-refractivity contribution in [2.45, 2.75) is 57.3 Å². The van der Waals surface area contributed by atoms with E-state index in [1.54, 1.807) is 11.3 Å². The maximum Gasteiger partial charge on any atom is 0.229 e. The molecule has 22 heavy (non-hydrogen) atoms. The van der Waals surface area contributed by atoms with E-state index in [0.717, 1.165) is 29.3 Å². The zero-order chi connectivity index (χ0) is 14.9. The standard InChI is InChI=1S/C17H23N3OS/c1-9-2-13(9)14(21)18-16-20-19-15(22-16)17-6-10-3-11(7-17)5-12(4-10)8-17/h9-13H,2-8H2,1H3,(H,18,20,21). The average molecular weight is 317 g/mol. The molecule has 5 fully saturated rings. The fourth-order valence-electron chi connectivity index (χ4n) is 5.75. The Balaban J connectivity index is 1.36. The van der Waals surface area contributed by atoms with E-state index >= 15 is 0 Å². The van der Waals surface area contributed by atoms with Crippen LogP contribution >= 0.6 is 11.3 Å². The third kappa shape index (κ3) is 2.04. The molecule has 2 atom stereocenters. The molecule has 1 aromatic rings. The van der Waals surface area contributed by atoms with Crippen molar-refractivity contribution in [3.05, 3.63) is 5.01 Å². The van der Waals surface area contributed by atoms with Crippen LogP contribution in [-0.2, 0) is 10.2 Å². The van der Waals surface area contributed by atoms with Crippen molar-refractivity contribution in [1.29, 1.82) is 0 Å². The van der Waals surface area contributed by atoms with Gasteiger partial charge in [-0.2, -0.15) is 0 Å². The molecule has 4 bridgehead atoms. The molecule has 0 spiro atoms. The summed E-state index contributed by atoms with van der Waals surface area (Å²) in [6, 6.07) is 0. The van der Waals surface area contributed by atoms with E-state index in [0.29, 0.717) is 11.3 Å². The Kier molecular flexibility index (Phi) is 2.77. The highest BCUT2D eigenvalue weighted by atomic mass is 32.1. The van der Waals surface area contributed by atoms with E-state index in [1.807, 2.05) is 0 Å². The van der Waals surface area contributed by atoms with Crippen LogP contribution in [0.5, 0.6) is 0 Å². The molecule has 4 nitrogen and oxygen atoms in total. The smallest absolute Gasteiger partial charge is 0.229 e. The first-order valence-electron chi connectivity index (χ1n) is 8.76. The fraction of sp³-hybridized carbons (Fsp3) is 0.824. The summed E-state index contributed by atoms with van der Waals surface area (Å²) in [7, 11) is 0. The second-order valence-electron chi connectivity index (χ2n) is 8.42. The highest BCUT2D eigenvalue weighted by molar-refractivity contribution is 7.15. The molecule has 0 aliphatic heterocycles. The molecule has 5 aliphatic carbocycles. The number of amides is 1. The third-order valence-corrected chi connectivity index (χ3v) is 7.68. The Morgan fingerprint density at radius 3 is 2.23 bits per heavy atom. The van der Waals surface area contributed by atoms with Gasteiger partial charge in [0.25, 0.3) is 0 Å². The summed E-state index contributed by atoms with van der Waals surface area (Å²) < 4.78 is 0. The molecule has 5 saturated carbocycles. The third-order valence-electron chi connectivity index (χ3n) is 6.59. The molecule has 0 radical (unpaired) electrons. The Bertz CT molecular complexity index is 590. The van der Waals surface area contributed by atoms with Crippen LogP contribution in [-0.4, -0.2) is 16.1 Å². The lowest BCUT2D eigenvalue weighted by atomic mass is 9.50. The highest BCUT2D eigenvalue weighted by Gasteiger charge is 2.53. The topological polar surface area (TPSA) is 54.9 Å². The van der Waals surface area contributed by atoms with Crippen molar-refractivity contribution in [3.8, 4) is 0 Å². The van der Waals surface area contributed by atoms with E-state index in [4.69, 9.17) is 0 Å². The largest absolute Gasteiger partial charge is 0.300 e. The van der Waals surface area contributed by atoms with Crippen LogP contribution in [0.4, 0.5) is 5.13 Å². The van der Waals surface area contributed by atoms with Crippen molar-refractivity contribution in [3.63, 3.8) is 0 Å². The van der Waals surface area contributed by atoms with Crippen LogP contribution in [0.15, 0.2) is 0 Å². The van der Waals surface area contributed by atoms with E-state index < -0.39 is 0 Å². The first-order chi connectivity index (χ1) is 10.6. The lowest BCUT2D eigenvalue weighted by Crippen LogP contribution is -2.48. The van der Waals surface area contributed by atoms with Gasteiger partial charge in [-0.3, -0.25) is 4.79 Å². The van der Waals surface area contributed by atoms with Crippen LogP contribution in [0.3, 0.4) is 0 Å². The van der Waals surface area contributed by atoms with Gasteiger partial charge in [0.05, 0.1) is 0 Å². The van der Waals surface area contributed by atoms with Gasteiger partial charge in [0, 0.05) is 11.3 Å². The summed E-state index contributed by atoms with van der Waals surface area (Å²) in [5, 5.41) is 13.7. The number of carbonyl (C=O) groups is 1. The predicted molar refractivity (Wildman–Crippen MR) is 85.7 cm³/mol. The molecule has 1 heterocycles. The van der Waals surface area contributed by atoms with Gasteiger partial charge >= 0.3 is 0 Å². The van der Waals surface area contributed by atoms with Gasteiger partial charge in [0.2, 0.25) is 11.0 Å². The van der Waals surface area contributed by atoms with Gasteiger partial charge in [-0.1, -0.05) is 18.3 Å². The van der Waals surface area contributed by atoms with E-state index in [1.165, 1.54) is 43.5 Å². The van der Waals surface area contributed by atoms with Crippen LogP contribution in [0.25, 0.3) is 0 Å². The maximum atomic E-state index is 12.1. The van der Waals surface area contributed by atoms with Gasteiger partial charge in [-0.25, -0.2) is 0 Å². The summed E-state index contributed by atoms with van der Waals surface area (Å²) in [4.78, 5) is 12.1. The first-order valence-corrected chi connectivity index (χ1v) is 9.58. The summed E-state index contributed by atoms with van der Waals surface area (Å²) >= 11 is 1.64. The van der Waals surface area contributed by atoms with Gasteiger partial charge < -0.3 is 5.32 Å². The molecule has 1 N–H and O–H groups in total. The quantitative estimate of drug-likeness (QED) is 0.926. The van der Waals surface area contributed by atoms with E-state index in [2.05, 4.69) is 22.4 Å². The Labute approximate surface area is 135 Å². The molecular weight excluding hydrogens is 294 g/mol. The molecule has 0 aromatic carbocycles. The minimum atomic E-state index is 0.140. The number of anilines is 1. The van der Waals surface area contributed by atoms with Crippen LogP contribution in [0.2, 0.25) is 0 Å². The summed E-state index contributed by atoms with van der Waals surface area (Å²) in [6.45, 7) is 2.13. The molecule has 5 aliphatic rings. The van der Waals surface area contributed by atoms with Crippen LogP contribution in [0, 0.1) is 29.6 Å². The van der Waals surface area contributed by atoms with Crippen molar-refractivity contribution in [2.75, 3.05) is 5.32 Å². The lowest BCUT2D eigenvalue weighted by Gasteiger charge is -2.55.